The third-order valence-corrected chi connectivity index (χ3v) is 4.93. The van der Waals surface area contributed by atoms with E-state index in [0.717, 1.165) is 24.0 Å². The Kier molecular flexibility index (Phi) is 6.26. The molecule has 0 unspecified atom stereocenters. The number of methoxy groups -OCH3 is 1. The summed E-state index contributed by atoms with van der Waals surface area (Å²) in [6.07, 6.45) is 3.65. The van der Waals surface area contributed by atoms with Crippen molar-refractivity contribution in [3.8, 4) is 11.3 Å². The number of nitrogens with zero attached hydrogens (tertiary/aromatic N) is 1. The average molecular weight is 404 g/mol. The Morgan fingerprint density at radius 1 is 1.30 bits per heavy atom. The molecule has 0 spiro atoms. The van der Waals surface area contributed by atoms with Crippen LogP contribution in [-0.4, -0.2) is 29.0 Å². The maximum Gasteiger partial charge on any atom is 0.354 e. The van der Waals surface area contributed by atoms with E-state index >= 15 is 0 Å². The van der Waals surface area contributed by atoms with E-state index in [0.29, 0.717) is 28.0 Å². The van der Waals surface area contributed by atoms with E-state index < -0.39 is 5.97 Å². The molecule has 6 nitrogen and oxygen atoms in total. The van der Waals surface area contributed by atoms with Gasteiger partial charge in [0.25, 0.3) is 0 Å². The number of H-pyrrole nitrogens is 1. The summed E-state index contributed by atoms with van der Waals surface area (Å²) in [6, 6.07) is 9.29. The molecule has 1 aromatic carbocycles. The number of benzene rings is 1. The molecule has 0 aliphatic heterocycles. The minimum Gasteiger partial charge on any atom is -0.464 e. The summed E-state index contributed by atoms with van der Waals surface area (Å²) in [7, 11) is 1.33. The number of anilines is 1. The predicted octanol–water partition coefficient (Wildman–Crippen LogP) is 4.54. The number of hydrogen-bond donors (Lipinski definition) is 2. The lowest BCUT2D eigenvalue weighted by Crippen LogP contribution is -2.11. The van der Waals surface area contributed by atoms with E-state index in [1.807, 2.05) is 29.6 Å². The molecule has 140 valence electrons. The van der Waals surface area contributed by atoms with E-state index in [2.05, 4.69) is 20.0 Å². The normalized spacial score (nSPS) is 10.6. The van der Waals surface area contributed by atoms with Gasteiger partial charge >= 0.3 is 5.97 Å². The molecule has 0 bridgehead atoms. The smallest absolute Gasteiger partial charge is 0.354 e. The fourth-order valence-corrected chi connectivity index (χ4v) is 3.38. The number of nitrogens with one attached hydrogen (secondary N) is 2. The zero-order chi connectivity index (χ0) is 19.2. The molecule has 2 heterocycles. The number of esters is 1. The van der Waals surface area contributed by atoms with Crippen molar-refractivity contribution in [2.75, 3.05) is 12.4 Å². The van der Waals surface area contributed by atoms with Gasteiger partial charge in [0.05, 0.1) is 12.8 Å². The van der Waals surface area contributed by atoms with Crippen LogP contribution >= 0.6 is 22.9 Å². The van der Waals surface area contributed by atoms with E-state index in [-0.39, 0.29) is 5.91 Å². The summed E-state index contributed by atoms with van der Waals surface area (Å²) >= 11 is 7.20. The quantitative estimate of drug-likeness (QED) is 0.567. The number of aryl methyl sites for hydroxylation is 1. The van der Waals surface area contributed by atoms with Crippen LogP contribution in [0.1, 0.15) is 28.9 Å². The number of rotatable bonds is 7. The monoisotopic (exact) mass is 403 g/mol. The Morgan fingerprint density at radius 3 is 2.81 bits per heavy atom. The summed E-state index contributed by atoms with van der Waals surface area (Å²) in [4.78, 5) is 30.8. The molecule has 0 fully saturated rings. The minimum absolute atomic E-state index is 0.0748. The fraction of sp³-hybridized carbons (Fsp3) is 0.211. The summed E-state index contributed by atoms with van der Waals surface area (Å²) in [6.45, 7) is 0. The Bertz CT molecular complexity index is 934. The minimum atomic E-state index is -0.439. The highest BCUT2D eigenvalue weighted by Crippen LogP contribution is 2.26. The Labute approximate surface area is 165 Å². The van der Waals surface area contributed by atoms with Crippen molar-refractivity contribution in [2.45, 2.75) is 19.3 Å². The summed E-state index contributed by atoms with van der Waals surface area (Å²) < 4.78 is 4.67. The fourth-order valence-electron chi connectivity index (χ4n) is 2.52. The summed E-state index contributed by atoms with van der Waals surface area (Å²) in [5.74, 6) is -0.514. The lowest BCUT2D eigenvalue weighted by Gasteiger charge is -2.03. The van der Waals surface area contributed by atoms with Gasteiger partial charge in [0.1, 0.15) is 5.69 Å². The van der Waals surface area contributed by atoms with Crippen LogP contribution in [0.5, 0.6) is 0 Å². The number of carbonyl (C=O) groups is 2. The summed E-state index contributed by atoms with van der Waals surface area (Å²) in [5.41, 5.74) is 2.95. The van der Waals surface area contributed by atoms with E-state index in [1.165, 1.54) is 18.4 Å². The lowest BCUT2D eigenvalue weighted by atomic mass is 10.1. The van der Waals surface area contributed by atoms with Gasteiger partial charge in [0.15, 0.2) is 5.13 Å². The van der Waals surface area contributed by atoms with Gasteiger partial charge in [-0.2, -0.15) is 0 Å². The van der Waals surface area contributed by atoms with Gasteiger partial charge in [-0.05, 0) is 36.6 Å². The van der Waals surface area contributed by atoms with Crippen LogP contribution < -0.4 is 5.32 Å². The number of aromatic amines is 1. The van der Waals surface area contributed by atoms with E-state index in [1.54, 1.807) is 12.3 Å². The number of carbonyl (C=O) groups excluding carboxylic acids is 2. The van der Waals surface area contributed by atoms with Crippen molar-refractivity contribution in [1.29, 1.82) is 0 Å². The molecule has 3 rings (SSSR count). The molecule has 0 saturated heterocycles. The number of thiazole rings is 1. The lowest BCUT2D eigenvalue weighted by molar-refractivity contribution is -0.116. The third kappa shape index (κ3) is 5.18. The molecule has 0 aliphatic carbocycles. The van der Waals surface area contributed by atoms with Gasteiger partial charge in [-0.1, -0.05) is 23.7 Å². The van der Waals surface area contributed by atoms with Crippen LogP contribution in [0.2, 0.25) is 5.02 Å². The average Bonchev–Trinajstić information content (AvgIpc) is 3.32. The zero-order valence-corrected chi connectivity index (χ0v) is 16.2. The molecule has 0 saturated carbocycles. The first kappa shape index (κ1) is 19.1. The van der Waals surface area contributed by atoms with Crippen molar-refractivity contribution in [3.63, 3.8) is 0 Å². The maximum atomic E-state index is 12.1. The van der Waals surface area contributed by atoms with Gasteiger partial charge < -0.3 is 15.0 Å². The molecule has 0 atom stereocenters. The molecule has 0 radical (unpaired) electrons. The van der Waals surface area contributed by atoms with Crippen molar-refractivity contribution < 1.29 is 14.3 Å². The molecule has 3 aromatic rings. The number of hydrogen-bond acceptors (Lipinski definition) is 5. The SMILES string of the molecule is COC(=O)c1cc(-c2csc(NC(=O)CCCc3ccc(Cl)cc3)n2)c[nH]1. The number of halogens is 1. The highest BCUT2D eigenvalue weighted by Gasteiger charge is 2.12. The first-order chi connectivity index (χ1) is 13.0. The van der Waals surface area contributed by atoms with Crippen molar-refractivity contribution in [3.05, 3.63) is 58.2 Å². The van der Waals surface area contributed by atoms with E-state index in [9.17, 15) is 9.59 Å². The van der Waals surface area contributed by atoms with Gasteiger partial charge in [0.2, 0.25) is 5.91 Å². The Hall–Kier alpha value is -2.64. The topological polar surface area (TPSA) is 84.1 Å². The van der Waals surface area contributed by atoms with E-state index in [4.69, 9.17) is 11.6 Å². The molecule has 1 amide bonds. The second-order valence-electron chi connectivity index (χ2n) is 5.86. The molecular weight excluding hydrogens is 386 g/mol. The zero-order valence-electron chi connectivity index (χ0n) is 14.6. The van der Waals surface area contributed by atoms with Crippen molar-refractivity contribution >= 4 is 39.9 Å². The predicted molar refractivity (Wildman–Crippen MR) is 106 cm³/mol. The van der Waals surface area contributed by atoms with Gasteiger partial charge in [-0.15, -0.1) is 11.3 Å². The molecular formula is C19H18ClN3O3S. The van der Waals surface area contributed by atoms with Gasteiger partial charge in [-0.3, -0.25) is 4.79 Å². The number of amides is 1. The second kappa shape index (κ2) is 8.83. The van der Waals surface area contributed by atoms with Crippen LogP contribution in [0.25, 0.3) is 11.3 Å². The third-order valence-electron chi connectivity index (χ3n) is 3.92. The molecule has 2 aromatic heterocycles. The highest BCUT2D eigenvalue weighted by molar-refractivity contribution is 7.14. The Morgan fingerprint density at radius 2 is 2.07 bits per heavy atom. The maximum absolute atomic E-state index is 12.1. The summed E-state index contributed by atoms with van der Waals surface area (Å²) in [5, 5.41) is 5.88. The largest absolute Gasteiger partial charge is 0.464 e. The van der Waals surface area contributed by atoms with Crippen LogP contribution in [0.15, 0.2) is 41.9 Å². The first-order valence-corrected chi connectivity index (χ1v) is 9.58. The molecule has 27 heavy (non-hydrogen) atoms. The van der Waals surface area contributed by atoms with Crippen molar-refractivity contribution in [2.24, 2.45) is 0 Å². The van der Waals surface area contributed by atoms with Gasteiger partial charge in [-0.25, -0.2) is 9.78 Å². The highest BCUT2D eigenvalue weighted by atomic mass is 35.5. The number of aromatic nitrogens is 2. The first-order valence-electron chi connectivity index (χ1n) is 8.32. The van der Waals surface area contributed by atoms with Crippen LogP contribution in [0.4, 0.5) is 5.13 Å². The van der Waals surface area contributed by atoms with Crippen molar-refractivity contribution in [1.82, 2.24) is 9.97 Å². The number of ether oxygens (including phenoxy) is 1. The van der Waals surface area contributed by atoms with Crippen LogP contribution in [0, 0.1) is 0 Å². The molecule has 8 heteroatoms. The van der Waals surface area contributed by atoms with Crippen LogP contribution in [0.3, 0.4) is 0 Å². The molecule has 0 aliphatic rings. The molecule has 2 N–H and O–H groups in total. The second-order valence-corrected chi connectivity index (χ2v) is 7.15. The van der Waals surface area contributed by atoms with Crippen LogP contribution in [-0.2, 0) is 16.0 Å². The van der Waals surface area contributed by atoms with Gasteiger partial charge in [0, 0.05) is 28.6 Å². The Balaban J connectivity index is 1.51. The standard InChI is InChI=1S/C19H18ClN3O3S/c1-26-18(25)15-9-13(10-21-15)16-11-27-19(22-16)23-17(24)4-2-3-12-5-7-14(20)8-6-12/h5-11,21H,2-4H2,1H3,(H,22,23,24).